The van der Waals surface area contributed by atoms with Crippen LogP contribution in [-0.2, 0) is 9.53 Å². The van der Waals surface area contributed by atoms with Crippen LogP contribution in [0.1, 0.15) is 32.5 Å². The van der Waals surface area contributed by atoms with Crippen molar-refractivity contribution in [1.29, 1.82) is 0 Å². The van der Waals surface area contributed by atoms with Crippen LogP contribution in [-0.4, -0.2) is 66.9 Å². The molecule has 2 aliphatic rings. The quantitative estimate of drug-likeness (QED) is 0.750. The Morgan fingerprint density at radius 3 is 2.32 bits per heavy atom. The van der Waals surface area contributed by atoms with Gasteiger partial charge in [0.15, 0.2) is 0 Å². The van der Waals surface area contributed by atoms with Gasteiger partial charge in [-0.1, -0.05) is 12.1 Å². The van der Waals surface area contributed by atoms with Gasteiger partial charge in [-0.05, 0) is 24.3 Å². The lowest BCUT2D eigenvalue weighted by Crippen LogP contribution is -2.46. The third-order valence-electron chi connectivity index (χ3n) is 5.03. The molecule has 146 valence electrons. The number of morpholine rings is 1. The van der Waals surface area contributed by atoms with Crippen LogP contribution in [0.3, 0.4) is 0 Å². The van der Waals surface area contributed by atoms with E-state index in [9.17, 15) is 14.4 Å². The number of imide groups is 1. The number of amides is 3. The number of carbonyl (C=O) groups is 3. The molecule has 8 nitrogen and oxygen atoms in total. The summed E-state index contributed by atoms with van der Waals surface area (Å²) in [5.74, 6) is -0.514. The number of fused-ring (bicyclic) bond motifs is 1. The average molecular weight is 383 g/mol. The van der Waals surface area contributed by atoms with Gasteiger partial charge in [0.2, 0.25) is 5.91 Å². The topological polar surface area (TPSA) is 92.1 Å². The molecule has 0 saturated carbocycles. The van der Waals surface area contributed by atoms with Gasteiger partial charge in [-0.2, -0.15) is 0 Å². The number of furan rings is 1. The van der Waals surface area contributed by atoms with E-state index < -0.39 is 11.8 Å². The van der Waals surface area contributed by atoms with Crippen LogP contribution in [0.4, 0.5) is 0 Å². The zero-order valence-electron chi connectivity index (χ0n) is 15.3. The molecule has 1 saturated heterocycles. The first kappa shape index (κ1) is 18.4. The largest absolute Gasteiger partial charge is 0.468 e. The molecule has 1 unspecified atom stereocenters. The zero-order valence-corrected chi connectivity index (χ0v) is 15.3. The number of rotatable bonds is 6. The van der Waals surface area contributed by atoms with E-state index in [1.54, 1.807) is 30.5 Å². The Hall–Kier alpha value is -2.97. The highest BCUT2D eigenvalue weighted by Gasteiger charge is 2.36. The lowest BCUT2D eigenvalue weighted by Gasteiger charge is -2.33. The lowest BCUT2D eigenvalue weighted by atomic mass is 10.1. The van der Waals surface area contributed by atoms with Crippen LogP contribution in [0.5, 0.6) is 0 Å². The second-order valence-electron chi connectivity index (χ2n) is 6.73. The normalized spacial score (nSPS) is 18.2. The summed E-state index contributed by atoms with van der Waals surface area (Å²) in [5.41, 5.74) is 0.671. The van der Waals surface area contributed by atoms with E-state index in [0.717, 1.165) is 23.7 Å². The summed E-state index contributed by atoms with van der Waals surface area (Å²) in [6.45, 7) is 2.73. The van der Waals surface area contributed by atoms with Crippen molar-refractivity contribution < 1.29 is 23.5 Å². The summed E-state index contributed by atoms with van der Waals surface area (Å²) in [5, 5.41) is 2.84. The van der Waals surface area contributed by atoms with Crippen molar-refractivity contribution in [3.05, 3.63) is 59.5 Å². The first-order valence-corrected chi connectivity index (χ1v) is 9.22. The molecule has 2 aliphatic heterocycles. The van der Waals surface area contributed by atoms with E-state index in [0.29, 0.717) is 30.9 Å². The Bertz CT molecular complexity index is 839. The van der Waals surface area contributed by atoms with E-state index in [1.807, 2.05) is 12.1 Å². The predicted molar refractivity (Wildman–Crippen MR) is 98.7 cm³/mol. The van der Waals surface area contributed by atoms with Crippen LogP contribution < -0.4 is 5.32 Å². The first-order chi connectivity index (χ1) is 13.6. The van der Waals surface area contributed by atoms with Crippen LogP contribution in [0.25, 0.3) is 0 Å². The molecular formula is C20H21N3O5. The van der Waals surface area contributed by atoms with Crippen molar-refractivity contribution in [1.82, 2.24) is 15.1 Å². The number of nitrogens with zero attached hydrogens (tertiary/aromatic N) is 2. The molecule has 4 rings (SSSR count). The number of nitrogens with one attached hydrogen (secondary N) is 1. The van der Waals surface area contributed by atoms with Gasteiger partial charge >= 0.3 is 0 Å². The van der Waals surface area contributed by atoms with Crippen molar-refractivity contribution in [3.63, 3.8) is 0 Å². The van der Waals surface area contributed by atoms with Gasteiger partial charge in [-0.15, -0.1) is 0 Å². The summed E-state index contributed by atoms with van der Waals surface area (Å²) >= 11 is 0. The minimum atomic E-state index is -0.438. The monoisotopic (exact) mass is 383 g/mol. The molecule has 3 amide bonds. The van der Waals surface area contributed by atoms with Gasteiger partial charge in [-0.25, -0.2) is 0 Å². The molecule has 0 spiro atoms. The maximum absolute atomic E-state index is 12.5. The fourth-order valence-electron chi connectivity index (χ4n) is 3.57. The molecule has 1 aromatic carbocycles. The number of carbonyl (C=O) groups excluding carboxylic acids is 3. The van der Waals surface area contributed by atoms with Crippen molar-refractivity contribution in [2.45, 2.75) is 6.04 Å². The molecule has 0 bridgehead atoms. The Balaban J connectivity index is 1.39. The highest BCUT2D eigenvalue weighted by molar-refractivity contribution is 6.22. The highest BCUT2D eigenvalue weighted by Crippen LogP contribution is 2.23. The van der Waals surface area contributed by atoms with Gasteiger partial charge in [0, 0.05) is 19.6 Å². The number of hydrogen-bond acceptors (Lipinski definition) is 6. The molecule has 3 heterocycles. The maximum atomic E-state index is 12.5. The molecule has 1 N–H and O–H groups in total. The van der Waals surface area contributed by atoms with Gasteiger partial charge in [-0.3, -0.25) is 24.2 Å². The molecule has 0 radical (unpaired) electrons. The molecule has 1 atom stereocenters. The van der Waals surface area contributed by atoms with Crippen LogP contribution in [0.2, 0.25) is 0 Å². The minimum absolute atomic E-state index is 0.134. The Labute approximate surface area is 162 Å². The third kappa shape index (κ3) is 3.56. The fourth-order valence-corrected chi connectivity index (χ4v) is 3.57. The van der Waals surface area contributed by atoms with E-state index in [1.165, 1.54) is 0 Å². The lowest BCUT2D eigenvalue weighted by molar-refractivity contribution is -0.121. The highest BCUT2D eigenvalue weighted by atomic mass is 16.5. The van der Waals surface area contributed by atoms with E-state index in [2.05, 4.69) is 10.2 Å². The van der Waals surface area contributed by atoms with Crippen molar-refractivity contribution in [3.8, 4) is 0 Å². The third-order valence-corrected chi connectivity index (χ3v) is 5.03. The number of benzene rings is 1. The van der Waals surface area contributed by atoms with E-state index >= 15 is 0 Å². The molecule has 1 aromatic heterocycles. The first-order valence-electron chi connectivity index (χ1n) is 9.22. The Morgan fingerprint density at radius 1 is 1.04 bits per heavy atom. The van der Waals surface area contributed by atoms with Gasteiger partial charge in [0.05, 0.1) is 36.6 Å². The van der Waals surface area contributed by atoms with Crippen molar-refractivity contribution >= 4 is 17.7 Å². The zero-order chi connectivity index (χ0) is 19.5. The molecule has 28 heavy (non-hydrogen) atoms. The SMILES string of the molecule is O=C(CN1C(=O)c2ccccc2C1=O)NCC(c1ccco1)N1CCOCC1. The van der Waals surface area contributed by atoms with Crippen LogP contribution in [0, 0.1) is 0 Å². The second-order valence-corrected chi connectivity index (χ2v) is 6.73. The summed E-state index contributed by atoms with van der Waals surface area (Å²) in [6.07, 6.45) is 1.60. The second kappa shape index (κ2) is 7.95. The smallest absolute Gasteiger partial charge is 0.262 e. The Kier molecular flexibility index (Phi) is 5.23. The molecule has 1 fully saturated rings. The maximum Gasteiger partial charge on any atom is 0.262 e. The van der Waals surface area contributed by atoms with Crippen molar-refractivity contribution in [2.75, 3.05) is 39.4 Å². The Morgan fingerprint density at radius 2 is 1.71 bits per heavy atom. The van der Waals surface area contributed by atoms with E-state index in [4.69, 9.17) is 9.15 Å². The predicted octanol–water partition coefficient (Wildman–Crippen LogP) is 1.07. The summed E-state index contributed by atoms with van der Waals surface area (Å²) in [4.78, 5) is 40.4. The molecule has 0 aliphatic carbocycles. The number of ether oxygens (including phenoxy) is 1. The molecule has 8 heteroatoms. The van der Waals surface area contributed by atoms with Gasteiger partial charge in [0.25, 0.3) is 11.8 Å². The summed E-state index contributed by atoms with van der Waals surface area (Å²) < 4.78 is 10.9. The molecule has 2 aromatic rings. The average Bonchev–Trinajstić information content (AvgIpc) is 3.33. The summed E-state index contributed by atoms with van der Waals surface area (Å²) in [7, 11) is 0. The standard InChI is InChI=1S/C20H21N3O5/c24-18(13-23-19(25)14-4-1-2-5-15(14)20(23)26)21-12-16(17-6-3-9-28-17)22-7-10-27-11-8-22/h1-6,9,16H,7-8,10-13H2,(H,21,24). The fraction of sp³-hybridized carbons (Fsp3) is 0.350. The van der Waals surface area contributed by atoms with Gasteiger partial charge < -0.3 is 14.5 Å². The van der Waals surface area contributed by atoms with Crippen LogP contribution in [0.15, 0.2) is 47.1 Å². The molecular weight excluding hydrogens is 362 g/mol. The van der Waals surface area contributed by atoms with Gasteiger partial charge in [0.1, 0.15) is 12.3 Å². The summed E-state index contributed by atoms with van der Waals surface area (Å²) in [6, 6.07) is 10.1. The van der Waals surface area contributed by atoms with Crippen molar-refractivity contribution in [2.24, 2.45) is 0 Å². The van der Waals surface area contributed by atoms with Crippen LogP contribution >= 0.6 is 0 Å². The minimum Gasteiger partial charge on any atom is -0.468 e. The number of hydrogen-bond donors (Lipinski definition) is 1. The van der Waals surface area contributed by atoms with E-state index in [-0.39, 0.29) is 18.5 Å².